The van der Waals surface area contributed by atoms with Gasteiger partial charge in [0, 0.05) is 11.9 Å². The largest absolute Gasteiger partial charge is 0.497 e. The normalized spacial score (nSPS) is 10.4. The van der Waals surface area contributed by atoms with Crippen LogP contribution in [0.25, 0.3) is 0 Å². The Morgan fingerprint density at radius 1 is 1.14 bits per heavy atom. The van der Waals surface area contributed by atoms with Crippen LogP contribution in [0.2, 0.25) is 0 Å². The summed E-state index contributed by atoms with van der Waals surface area (Å²) in [4.78, 5) is 16.7. The average molecular weight is 398 g/mol. The zero-order chi connectivity index (χ0) is 19.9. The van der Waals surface area contributed by atoms with E-state index in [1.807, 2.05) is 49.4 Å². The first-order chi connectivity index (χ1) is 13.6. The lowest BCUT2D eigenvalue weighted by molar-refractivity contribution is 0.0950. The van der Waals surface area contributed by atoms with Gasteiger partial charge in [0.05, 0.1) is 19.9 Å². The molecule has 0 unspecified atom stereocenters. The van der Waals surface area contributed by atoms with Gasteiger partial charge in [0.2, 0.25) is 0 Å². The van der Waals surface area contributed by atoms with Gasteiger partial charge in [0.15, 0.2) is 5.13 Å². The van der Waals surface area contributed by atoms with Crippen LogP contribution < -0.4 is 20.1 Å². The molecular weight excluding hydrogens is 374 g/mol. The second-order valence-electron chi connectivity index (χ2n) is 6.22. The number of hydrogen-bond acceptors (Lipinski definition) is 6. The van der Waals surface area contributed by atoms with Crippen molar-refractivity contribution in [3.8, 4) is 11.5 Å². The molecule has 0 atom stereocenters. The van der Waals surface area contributed by atoms with Crippen molar-refractivity contribution < 1.29 is 14.3 Å². The van der Waals surface area contributed by atoms with Crippen molar-refractivity contribution in [2.24, 2.45) is 0 Å². The highest BCUT2D eigenvalue weighted by atomic mass is 32.1. The molecule has 3 aromatic rings. The summed E-state index contributed by atoms with van der Waals surface area (Å²) in [6.45, 7) is 2.53. The molecule has 0 saturated heterocycles. The van der Waals surface area contributed by atoms with E-state index in [1.165, 1.54) is 11.3 Å². The van der Waals surface area contributed by atoms with Crippen LogP contribution in [-0.2, 0) is 6.42 Å². The average Bonchev–Trinajstić information content (AvgIpc) is 3.17. The lowest BCUT2D eigenvalue weighted by Gasteiger charge is -2.09. The van der Waals surface area contributed by atoms with E-state index in [2.05, 4.69) is 15.6 Å². The highest BCUT2D eigenvalue weighted by molar-refractivity contribution is 7.14. The Hall–Kier alpha value is -3.06. The molecule has 0 fully saturated rings. The van der Waals surface area contributed by atoms with Crippen molar-refractivity contribution in [2.45, 2.75) is 13.3 Å². The Kier molecular flexibility index (Phi) is 6.49. The first-order valence-electron chi connectivity index (χ1n) is 8.87. The minimum atomic E-state index is -0.191. The van der Waals surface area contributed by atoms with E-state index < -0.39 is 0 Å². The molecular formula is C21H23N3O3S. The molecule has 0 spiro atoms. The monoisotopic (exact) mass is 397 g/mol. The van der Waals surface area contributed by atoms with Crippen molar-refractivity contribution in [3.63, 3.8) is 0 Å². The van der Waals surface area contributed by atoms with Gasteiger partial charge in [-0.25, -0.2) is 4.98 Å². The van der Waals surface area contributed by atoms with Gasteiger partial charge >= 0.3 is 0 Å². The van der Waals surface area contributed by atoms with E-state index in [0.29, 0.717) is 17.4 Å². The number of rotatable bonds is 8. The minimum Gasteiger partial charge on any atom is -0.497 e. The van der Waals surface area contributed by atoms with Gasteiger partial charge in [0.25, 0.3) is 5.91 Å². The van der Waals surface area contributed by atoms with Crippen molar-refractivity contribution >= 4 is 28.1 Å². The van der Waals surface area contributed by atoms with E-state index in [0.717, 1.165) is 34.7 Å². The van der Waals surface area contributed by atoms with Crippen LogP contribution in [0.1, 0.15) is 21.6 Å². The number of thiazole rings is 1. The van der Waals surface area contributed by atoms with Crippen LogP contribution in [0.4, 0.5) is 10.8 Å². The molecule has 6 nitrogen and oxygen atoms in total. The lowest BCUT2D eigenvalue weighted by Crippen LogP contribution is -2.26. The molecule has 2 N–H and O–H groups in total. The number of carbonyl (C=O) groups excluding carboxylic acids is 1. The molecule has 28 heavy (non-hydrogen) atoms. The topological polar surface area (TPSA) is 72.5 Å². The minimum absolute atomic E-state index is 0.191. The lowest BCUT2D eigenvalue weighted by atomic mass is 10.1. The summed E-state index contributed by atoms with van der Waals surface area (Å²) >= 11 is 1.38. The van der Waals surface area contributed by atoms with Gasteiger partial charge in [-0.05, 0) is 48.7 Å². The molecule has 2 aromatic carbocycles. The first kappa shape index (κ1) is 19.7. The highest BCUT2D eigenvalue weighted by Crippen LogP contribution is 2.29. The third-order valence-electron chi connectivity index (χ3n) is 4.17. The van der Waals surface area contributed by atoms with Crippen molar-refractivity contribution in [1.29, 1.82) is 0 Å². The van der Waals surface area contributed by atoms with Gasteiger partial charge in [-0.15, -0.1) is 11.3 Å². The van der Waals surface area contributed by atoms with Crippen molar-refractivity contribution in [3.05, 3.63) is 64.7 Å². The summed E-state index contributed by atoms with van der Waals surface area (Å²) in [6, 6.07) is 13.7. The maximum absolute atomic E-state index is 12.4. The molecule has 0 aliphatic carbocycles. The van der Waals surface area contributed by atoms with Crippen LogP contribution in [0, 0.1) is 6.92 Å². The fraction of sp³-hybridized carbons (Fsp3) is 0.238. The summed E-state index contributed by atoms with van der Waals surface area (Å²) < 4.78 is 10.6. The zero-order valence-corrected chi connectivity index (χ0v) is 16.9. The third-order valence-corrected chi connectivity index (χ3v) is 4.92. The maximum atomic E-state index is 12.4. The summed E-state index contributed by atoms with van der Waals surface area (Å²) in [5.74, 6) is 1.35. The molecule has 0 bridgehead atoms. The molecule has 0 radical (unpaired) electrons. The van der Waals surface area contributed by atoms with E-state index in [-0.39, 0.29) is 5.91 Å². The second-order valence-corrected chi connectivity index (χ2v) is 7.08. The molecule has 1 aromatic heterocycles. The van der Waals surface area contributed by atoms with Gasteiger partial charge in [-0.3, -0.25) is 4.79 Å². The quantitative estimate of drug-likeness (QED) is 0.596. The summed E-state index contributed by atoms with van der Waals surface area (Å²) in [6.07, 6.45) is 0.721. The molecule has 7 heteroatoms. The van der Waals surface area contributed by atoms with E-state index >= 15 is 0 Å². The molecule has 0 saturated carbocycles. The number of anilines is 2. The van der Waals surface area contributed by atoms with E-state index in [9.17, 15) is 4.79 Å². The fourth-order valence-electron chi connectivity index (χ4n) is 2.71. The third kappa shape index (κ3) is 5.01. The Balaban J connectivity index is 1.57. The van der Waals surface area contributed by atoms with Crippen molar-refractivity contribution in [1.82, 2.24) is 10.3 Å². The number of methoxy groups -OCH3 is 2. The van der Waals surface area contributed by atoms with Crippen molar-refractivity contribution in [2.75, 3.05) is 26.1 Å². The summed E-state index contributed by atoms with van der Waals surface area (Å²) in [5, 5.41) is 8.51. The molecule has 1 amide bonds. The van der Waals surface area contributed by atoms with Crippen LogP contribution in [0.3, 0.4) is 0 Å². The van der Waals surface area contributed by atoms with Crippen LogP contribution in [-0.4, -0.2) is 31.7 Å². The van der Waals surface area contributed by atoms with Gasteiger partial charge in [-0.1, -0.05) is 18.2 Å². The standard InChI is InChI=1S/C21H23N3O3S/c1-14-7-8-19(27-3)17(11-14)23-21-24-18(13-28-21)20(25)22-10-9-15-5-4-6-16(12-15)26-2/h4-8,11-13H,9-10H2,1-3H3,(H,22,25)(H,23,24). The summed E-state index contributed by atoms with van der Waals surface area (Å²) in [5.41, 5.74) is 3.42. The van der Waals surface area contributed by atoms with Crippen LogP contribution in [0.15, 0.2) is 47.8 Å². The maximum Gasteiger partial charge on any atom is 0.270 e. The number of amides is 1. The van der Waals surface area contributed by atoms with Crippen LogP contribution >= 0.6 is 11.3 Å². The number of hydrogen-bond donors (Lipinski definition) is 2. The zero-order valence-electron chi connectivity index (χ0n) is 16.1. The second kappa shape index (κ2) is 9.23. The van der Waals surface area contributed by atoms with E-state index in [1.54, 1.807) is 19.6 Å². The Labute approximate surface area is 168 Å². The number of ether oxygens (including phenoxy) is 2. The highest BCUT2D eigenvalue weighted by Gasteiger charge is 2.12. The summed E-state index contributed by atoms with van der Waals surface area (Å²) in [7, 11) is 3.26. The predicted octanol–water partition coefficient (Wildman–Crippen LogP) is 4.18. The van der Waals surface area contributed by atoms with Gasteiger partial charge < -0.3 is 20.1 Å². The Morgan fingerprint density at radius 2 is 2.00 bits per heavy atom. The number of aryl methyl sites for hydroxylation is 1. The number of benzene rings is 2. The SMILES string of the molecule is COc1cccc(CCNC(=O)c2csc(Nc3cc(C)ccc3OC)n2)c1. The number of nitrogens with zero attached hydrogens (tertiary/aromatic N) is 1. The fourth-order valence-corrected chi connectivity index (χ4v) is 3.41. The smallest absolute Gasteiger partial charge is 0.270 e. The van der Waals surface area contributed by atoms with Gasteiger partial charge in [0.1, 0.15) is 17.2 Å². The first-order valence-corrected chi connectivity index (χ1v) is 9.75. The molecule has 1 heterocycles. The Morgan fingerprint density at radius 3 is 2.79 bits per heavy atom. The molecule has 0 aliphatic heterocycles. The molecule has 146 valence electrons. The van der Waals surface area contributed by atoms with Crippen LogP contribution in [0.5, 0.6) is 11.5 Å². The molecule has 3 rings (SSSR count). The van der Waals surface area contributed by atoms with E-state index in [4.69, 9.17) is 9.47 Å². The Bertz CT molecular complexity index is 956. The molecule has 0 aliphatic rings. The number of nitrogens with one attached hydrogen (secondary N) is 2. The number of aromatic nitrogens is 1. The van der Waals surface area contributed by atoms with Gasteiger partial charge in [-0.2, -0.15) is 0 Å². The predicted molar refractivity (Wildman–Crippen MR) is 112 cm³/mol. The number of carbonyl (C=O) groups is 1.